The molecule has 0 bridgehead atoms. The summed E-state index contributed by atoms with van der Waals surface area (Å²) in [6, 6.07) is 0.310. The van der Waals surface area contributed by atoms with Gasteiger partial charge in [0.25, 0.3) is 5.56 Å². The molecule has 0 radical (unpaired) electrons. The molecule has 0 saturated carbocycles. The van der Waals surface area contributed by atoms with E-state index in [0.29, 0.717) is 10.5 Å². The summed E-state index contributed by atoms with van der Waals surface area (Å²) in [4.78, 5) is 11.5. The van der Waals surface area contributed by atoms with Crippen molar-refractivity contribution >= 4 is 33.4 Å². The summed E-state index contributed by atoms with van der Waals surface area (Å²) in [6.45, 7) is 2.07. The van der Waals surface area contributed by atoms with E-state index in [1.54, 1.807) is 25.0 Å². The summed E-state index contributed by atoms with van der Waals surface area (Å²) in [5.41, 5.74) is 0.621. The first kappa shape index (κ1) is 12.6. The molecule has 0 saturated heterocycles. The maximum Gasteiger partial charge on any atom is 0.282 e. The molecule has 1 rings (SSSR count). The highest BCUT2D eigenvalue weighted by Gasteiger charge is 2.08. The lowest BCUT2D eigenvalue weighted by atomic mass is 10.3. The lowest BCUT2D eigenvalue weighted by Gasteiger charge is -2.14. The molecule has 0 spiro atoms. The predicted molar refractivity (Wildman–Crippen MR) is 68.6 cm³/mol. The van der Waals surface area contributed by atoms with Crippen molar-refractivity contribution in [2.24, 2.45) is 7.05 Å². The van der Waals surface area contributed by atoms with E-state index in [0.717, 1.165) is 11.4 Å². The van der Waals surface area contributed by atoms with E-state index >= 15 is 0 Å². The van der Waals surface area contributed by atoms with Crippen molar-refractivity contribution < 1.29 is 0 Å². The van der Waals surface area contributed by atoms with Crippen molar-refractivity contribution in [1.29, 1.82) is 0 Å². The van der Waals surface area contributed by atoms with Gasteiger partial charge in [0.2, 0.25) is 0 Å². The summed E-state index contributed by atoms with van der Waals surface area (Å²) in [6.07, 6.45) is 3.71. The summed E-state index contributed by atoms with van der Waals surface area (Å²) < 4.78 is 1.84. The van der Waals surface area contributed by atoms with Gasteiger partial charge < -0.3 is 5.32 Å². The Labute approximate surface area is 102 Å². The van der Waals surface area contributed by atoms with Gasteiger partial charge in [-0.15, -0.1) is 0 Å². The molecule has 1 atom stereocenters. The molecule has 6 heteroatoms. The Morgan fingerprint density at radius 1 is 1.73 bits per heavy atom. The first-order valence-corrected chi connectivity index (χ1v) is 6.72. The van der Waals surface area contributed by atoms with Crippen LogP contribution >= 0.6 is 27.7 Å². The minimum atomic E-state index is -0.128. The van der Waals surface area contributed by atoms with E-state index in [1.807, 2.05) is 0 Å². The molecule has 0 aliphatic rings. The zero-order chi connectivity index (χ0) is 11.4. The SMILES string of the molecule is CSCC(C)Nc1cnn(C)c(=O)c1Br. The molecule has 1 aromatic rings. The van der Waals surface area contributed by atoms with Gasteiger partial charge in [0.1, 0.15) is 4.47 Å². The summed E-state index contributed by atoms with van der Waals surface area (Å²) in [5, 5.41) is 7.19. The smallest absolute Gasteiger partial charge is 0.282 e. The van der Waals surface area contributed by atoms with Crippen molar-refractivity contribution in [2.75, 3.05) is 17.3 Å². The molecule has 0 aromatic carbocycles. The Morgan fingerprint density at radius 3 is 3.00 bits per heavy atom. The van der Waals surface area contributed by atoms with Crippen LogP contribution in [0.1, 0.15) is 6.92 Å². The molecule has 0 amide bonds. The Morgan fingerprint density at radius 2 is 2.40 bits per heavy atom. The Kier molecular flexibility index (Phi) is 4.66. The zero-order valence-corrected chi connectivity index (χ0v) is 11.4. The molecular formula is C9H14BrN3OS. The predicted octanol–water partition coefficient (Wildman–Crippen LogP) is 1.71. The first-order chi connectivity index (χ1) is 7.06. The first-order valence-electron chi connectivity index (χ1n) is 4.53. The molecular weight excluding hydrogens is 278 g/mol. The third-order valence-corrected chi connectivity index (χ3v) is 3.50. The van der Waals surface area contributed by atoms with Crippen LogP contribution < -0.4 is 10.9 Å². The normalized spacial score (nSPS) is 12.5. The molecule has 84 valence electrons. The fraction of sp³-hybridized carbons (Fsp3) is 0.556. The van der Waals surface area contributed by atoms with Crippen molar-refractivity contribution in [3.63, 3.8) is 0 Å². The maximum atomic E-state index is 11.5. The topological polar surface area (TPSA) is 46.9 Å². The fourth-order valence-corrected chi connectivity index (χ4v) is 2.23. The van der Waals surface area contributed by atoms with E-state index < -0.39 is 0 Å². The van der Waals surface area contributed by atoms with Gasteiger partial charge in [-0.3, -0.25) is 4.79 Å². The highest BCUT2D eigenvalue weighted by molar-refractivity contribution is 9.10. The standard InChI is InChI=1S/C9H14BrN3OS/c1-6(5-15-3)12-7-4-11-13(2)9(14)8(7)10/h4,6,12H,5H2,1-3H3. The lowest BCUT2D eigenvalue weighted by Crippen LogP contribution is -2.24. The van der Waals surface area contributed by atoms with Crippen LogP contribution in [0.4, 0.5) is 5.69 Å². The lowest BCUT2D eigenvalue weighted by molar-refractivity contribution is 0.701. The fourth-order valence-electron chi connectivity index (χ4n) is 1.17. The Balaban J connectivity index is 2.87. The number of aryl methyl sites for hydroxylation is 1. The number of rotatable bonds is 4. The molecule has 1 aromatic heterocycles. The van der Waals surface area contributed by atoms with Crippen LogP contribution in [0.3, 0.4) is 0 Å². The van der Waals surface area contributed by atoms with Gasteiger partial charge in [-0.05, 0) is 29.1 Å². The van der Waals surface area contributed by atoms with Crippen LogP contribution in [0.25, 0.3) is 0 Å². The van der Waals surface area contributed by atoms with Crippen LogP contribution in [-0.2, 0) is 7.05 Å². The average Bonchev–Trinajstić information content (AvgIpc) is 2.20. The highest BCUT2D eigenvalue weighted by atomic mass is 79.9. The van der Waals surface area contributed by atoms with Crippen molar-refractivity contribution in [3.8, 4) is 0 Å². The van der Waals surface area contributed by atoms with Crippen LogP contribution in [-0.4, -0.2) is 27.8 Å². The second-order valence-corrected chi connectivity index (χ2v) is 5.01. The Bertz CT molecular complexity index is 393. The van der Waals surface area contributed by atoms with Gasteiger partial charge >= 0.3 is 0 Å². The molecule has 1 heterocycles. The van der Waals surface area contributed by atoms with Gasteiger partial charge in [0.15, 0.2) is 0 Å². The van der Waals surface area contributed by atoms with E-state index in [4.69, 9.17) is 0 Å². The molecule has 1 N–H and O–H groups in total. The molecule has 0 fully saturated rings. The number of thioether (sulfide) groups is 1. The quantitative estimate of drug-likeness (QED) is 0.917. The molecule has 4 nitrogen and oxygen atoms in total. The van der Waals surface area contributed by atoms with Gasteiger partial charge in [-0.25, -0.2) is 4.68 Å². The van der Waals surface area contributed by atoms with Gasteiger partial charge in [-0.1, -0.05) is 0 Å². The van der Waals surface area contributed by atoms with Crippen LogP contribution in [0.2, 0.25) is 0 Å². The minimum absolute atomic E-state index is 0.128. The summed E-state index contributed by atoms with van der Waals surface area (Å²) in [5.74, 6) is 0.988. The number of hydrogen-bond acceptors (Lipinski definition) is 4. The van der Waals surface area contributed by atoms with Gasteiger partial charge in [0.05, 0.1) is 11.9 Å². The highest BCUT2D eigenvalue weighted by Crippen LogP contribution is 2.17. The number of aromatic nitrogens is 2. The van der Waals surface area contributed by atoms with Crippen molar-refractivity contribution in [2.45, 2.75) is 13.0 Å². The number of anilines is 1. The monoisotopic (exact) mass is 291 g/mol. The third-order valence-electron chi connectivity index (χ3n) is 1.90. The van der Waals surface area contributed by atoms with Crippen LogP contribution in [0, 0.1) is 0 Å². The second-order valence-electron chi connectivity index (χ2n) is 3.30. The largest absolute Gasteiger partial charge is 0.379 e. The summed E-state index contributed by atoms with van der Waals surface area (Å²) in [7, 11) is 1.63. The second kappa shape index (κ2) is 5.55. The average molecular weight is 292 g/mol. The number of hydrogen-bond donors (Lipinski definition) is 1. The van der Waals surface area contributed by atoms with Crippen LogP contribution in [0.5, 0.6) is 0 Å². The van der Waals surface area contributed by atoms with Crippen LogP contribution in [0.15, 0.2) is 15.5 Å². The minimum Gasteiger partial charge on any atom is -0.379 e. The molecule has 0 aliphatic heterocycles. The van der Waals surface area contributed by atoms with E-state index in [-0.39, 0.29) is 5.56 Å². The third kappa shape index (κ3) is 3.24. The maximum absolute atomic E-state index is 11.5. The number of nitrogens with one attached hydrogen (secondary N) is 1. The molecule has 1 unspecified atom stereocenters. The Hall–Kier alpha value is -0.490. The van der Waals surface area contributed by atoms with Crippen molar-refractivity contribution in [3.05, 3.63) is 21.0 Å². The summed E-state index contributed by atoms with van der Waals surface area (Å²) >= 11 is 5.03. The van der Waals surface area contributed by atoms with E-state index in [9.17, 15) is 4.79 Å². The van der Waals surface area contributed by atoms with Crippen molar-refractivity contribution in [1.82, 2.24) is 9.78 Å². The number of nitrogens with zero attached hydrogens (tertiary/aromatic N) is 2. The molecule has 15 heavy (non-hydrogen) atoms. The van der Waals surface area contributed by atoms with Gasteiger partial charge in [0, 0.05) is 18.8 Å². The van der Waals surface area contributed by atoms with Gasteiger partial charge in [-0.2, -0.15) is 16.9 Å². The zero-order valence-electron chi connectivity index (χ0n) is 8.95. The van der Waals surface area contributed by atoms with E-state index in [2.05, 4.69) is 39.5 Å². The van der Waals surface area contributed by atoms with E-state index in [1.165, 1.54) is 4.68 Å². The number of halogens is 1. The molecule has 0 aliphatic carbocycles.